The molecule has 0 saturated carbocycles. The summed E-state index contributed by atoms with van der Waals surface area (Å²) in [6.07, 6.45) is 1.81. The second-order valence-electron chi connectivity index (χ2n) is 6.86. The van der Waals surface area contributed by atoms with Crippen molar-refractivity contribution >= 4 is 17.7 Å². The van der Waals surface area contributed by atoms with Crippen LogP contribution in [0.1, 0.15) is 15.9 Å². The number of halogens is 1. The van der Waals surface area contributed by atoms with E-state index in [1.165, 1.54) is 6.07 Å². The van der Waals surface area contributed by atoms with E-state index in [2.05, 4.69) is 30.4 Å². The van der Waals surface area contributed by atoms with E-state index in [9.17, 15) is 9.18 Å². The Bertz CT molecular complexity index is 850. The predicted octanol–water partition coefficient (Wildman–Crippen LogP) is 1.66. The normalized spacial score (nSPS) is 14.7. The second kappa shape index (κ2) is 9.86. The van der Waals surface area contributed by atoms with Crippen LogP contribution in [0.2, 0.25) is 0 Å². The monoisotopic (exact) mass is 398 g/mol. The fraction of sp³-hybridized carbons (Fsp3) is 0.381. The van der Waals surface area contributed by atoms with Gasteiger partial charge < -0.3 is 20.4 Å². The van der Waals surface area contributed by atoms with Crippen LogP contribution in [0.5, 0.6) is 0 Å². The summed E-state index contributed by atoms with van der Waals surface area (Å²) in [6.45, 7) is 6.04. The molecule has 1 fully saturated rings. The molecule has 1 aromatic heterocycles. The van der Waals surface area contributed by atoms with Crippen molar-refractivity contribution in [2.45, 2.75) is 6.92 Å². The highest BCUT2D eigenvalue weighted by molar-refractivity contribution is 5.94. The molecule has 1 aliphatic rings. The molecule has 1 amide bonds. The van der Waals surface area contributed by atoms with Crippen molar-refractivity contribution in [3.63, 3.8) is 0 Å². The van der Waals surface area contributed by atoms with Crippen LogP contribution in [-0.4, -0.2) is 68.1 Å². The molecule has 0 unspecified atom stereocenters. The molecule has 154 valence electrons. The number of hydrogen-bond acceptors (Lipinski definition) is 4. The third-order valence-electron chi connectivity index (χ3n) is 4.89. The Morgan fingerprint density at radius 1 is 1.14 bits per heavy atom. The van der Waals surface area contributed by atoms with E-state index < -0.39 is 0 Å². The average molecular weight is 398 g/mol. The van der Waals surface area contributed by atoms with Gasteiger partial charge in [0.2, 0.25) is 0 Å². The Morgan fingerprint density at radius 3 is 2.55 bits per heavy atom. The lowest BCUT2D eigenvalue weighted by Crippen LogP contribution is -2.53. The molecule has 7 nitrogen and oxygen atoms in total. The topological polar surface area (TPSA) is 72.9 Å². The van der Waals surface area contributed by atoms with Crippen molar-refractivity contribution in [3.05, 3.63) is 59.5 Å². The van der Waals surface area contributed by atoms with Gasteiger partial charge in [0.1, 0.15) is 11.6 Å². The first-order valence-electron chi connectivity index (χ1n) is 9.74. The lowest BCUT2D eigenvalue weighted by atomic mass is 10.1. The molecule has 1 saturated heterocycles. The maximum Gasteiger partial charge on any atom is 0.251 e. The van der Waals surface area contributed by atoms with Gasteiger partial charge in [-0.1, -0.05) is 12.1 Å². The van der Waals surface area contributed by atoms with Crippen LogP contribution in [0, 0.1) is 12.7 Å². The molecular formula is C21H27FN6O. The van der Waals surface area contributed by atoms with Gasteiger partial charge in [-0.3, -0.25) is 9.79 Å². The van der Waals surface area contributed by atoms with Crippen LogP contribution in [-0.2, 0) is 0 Å². The standard InChI is InChI=1S/C21H27FN6O/c1-16-6-7-17(15-18(16)22)20(29)25-9-10-26-21(23-2)28-13-11-27(12-14-28)19-5-3-4-8-24-19/h3-8,15H,9-14H2,1-2H3,(H,23,26)(H,25,29). The quantitative estimate of drug-likeness (QED) is 0.455. The van der Waals surface area contributed by atoms with E-state index in [4.69, 9.17) is 0 Å². The van der Waals surface area contributed by atoms with E-state index in [1.807, 2.05) is 24.4 Å². The van der Waals surface area contributed by atoms with Gasteiger partial charge in [0, 0.05) is 58.1 Å². The summed E-state index contributed by atoms with van der Waals surface area (Å²) in [7, 11) is 1.75. The molecule has 2 heterocycles. The van der Waals surface area contributed by atoms with Crippen molar-refractivity contribution in [1.82, 2.24) is 20.5 Å². The minimum atomic E-state index is -0.374. The molecule has 0 aliphatic carbocycles. The van der Waals surface area contributed by atoms with Gasteiger partial charge in [-0.15, -0.1) is 0 Å². The first-order chi connectivity index (χ1) is 14.1. The molecule has 0 radical (unpaired) electrons. The Balaban J connectivity index is 1.42. The van der Waals surface area contributed by atoms with E-state index in [1.54, 1.807) is 26.1 Å². The highest BCUT2D eigenvalue weighted by Crippen LogP contribution is 2.12. The smallest absolute Gasteiger partial charge is 0.251 e. The van der Waals surface area contributed by atoms with Crippen LogP contribution < -0.4 is 15.5 Å². The molecule has 2 aromatic rings. The number of aliphatic imine (C=N–C) groups is 1. The zero-order chi connectivity index (χ0) is 20.6. The van der Waals surface area contributed by atoms with E-state index in [0.29, 0.717) is 24.2 Å². The first kappa shape index (κ1) is 20.6. The third kappa shape index (κ3) is 5.43. The number of aryl methyl sites for hydroxylation is 1. The van der Waals surface area contributed by atoms with E-state index >= 15 is 0 Å². The number of benzene rings is 1. The molecule has 0 bridgehead atoms. The summed E-state index contributed by atoms with van der Waals surface area (Å²) in [5.41, 5.74) is 0.846. The number of anilines is 1. The van der Waals surface area contributed by atoms with E-state index in [0.717, 1.165) is 38.0 Å². The number of rotatable bonds is 5. The number of aromatic nitrogens is 1. The lowest BCUT2D eigenvalue weighted by molar-refractivity contribution is 0.0954. The number of carbonyl (C=O) groups is 1. The van der Waals surface area contributed by atoms with E-state index in [-0.39, 0.29) is 11.7 Å². The van der Waals surface area contributed by atoms with Gasteiger partial charge in [-0.2, -0.15) is 0 Å². The van der Waals surface area contributed by atoms with Crippen molar-refractivity contribution in [1.29, 1.82) is 0 Å². The number of pyridine rings is 1. The number of guanidine groups is 1. The van der Waals surface area contributed by atoms with Crippen LogP contribution in [0.4, 0.5) is 10.2 Å². The van der Waals surface area contributed by atoms with Gasteiger partial charge in [0.05, 0.1) is 0 Å². The fourth-order valence-corrected chi connectivity index (χ4v) is 3.21. The zero-order valence-corrected chi connectivity index (χ0v) is 16.9. The molecule has 3 rings (SSSR count). The number of carbonyl (C=O) groups excluding carboxylic acids is 1. The molecule has 0 spiro atoms. The zero-order valence-electron chi connectivity index (χ0n) is 16.9. The Morgan fingerprint density at radius 2 is 1.90 bits per heavy atom. The number of hydrogen-bond donors (Lipinski definition) is 2. The van der Waals surface area contributed by atoms with Crippen molar-refractivity contribution in [3.8, 4) is 0 Å². The molecule has 1 aliphatic heterocycles. The van der Waals surface area contributed by atoms with Crippen LogP contribution >= 0.6 is 0 Å². The van der Waals surface area contributed by atoms with Crippen molar-refractivity contribution in [2.24, 2.45) is 4.99 Å². The largest absolute Gasteiger partial charge is 0.354 e. The molecule has 2 N–H and O–H groups in total. The summed E-state index contributed by atoms with van der Waals surface area (Å²) >= 11 is 0. The van der Waals surface area contributed by atoms with Gasteiger partial charge >= 0.3 is 0 Å². The fourth-order valence-electron chi connectivity index (χ4n) is 3.21. The molecule has 8 heteroatoms. The Hall–Kier alpha value is -3.16. The lowest BCUT2D eigenvalue weighted by Gasteiger charge is -2.37. The predicted molar refractivity (Wildman–Crippen MR) is 113 cm³/mol. The summed E-state index contributed by atoms with van der Waals surface area (Å²) in [6, 6.07) is 10.4. The molecule has 1 aromatic carbocycles. The maximum absolute atomic E-state index is 13.6. The number of nitrogens with one attached hydrogen (secondary N) is 2. The van der Waals surface area contributed by atoms with Gasteiger partial charge in [-0.05, 0) is 36.8 Å². The van der Waals surface area contributed by atoms with Crippen molar-refractivity contribution < 1.29 is 9.18 Å². The highest BCUT2D eigenvalue weighted by atomic mass is 19.1. The highest BCUT2D eigenvalue weighted by Gasteiger charge is 2.20. The summed E-state index contributed by atoms with van der Waals surface area (Å²) in [4.78, 5) is 25.3. The van der Waals surface area contributed by atoms with Crippen LogP contribution in [0.3, 0.4) is 0 Å². The Labute approximate surface area is 170 Å². The van der Waals surface area contributed by atoms with Crippen LogP contribution in [0.15, 0.2) is 47.6 Å². The minimum Gasteiger partial charge on any atom is -0.354 e. The average Bonchev–Trinajstić information content (AvgIpc) is 2.76. The number of amides is 1. The van der Waals surface area contributed by atoms with Gasteiger partial charge in [0.25, 0.3) is 5.91 Å². The maximum atomic E-state index is 13.6. The number of nitrogens with zero attached hydrogens (tertiary/aromatic N) is 4. The minimum absolute atomic E-state index is 0.287. The van der Waals surface area contributed by atoms with Crippen LogP contribution in [0.25, 0.3) is 0 Å². The first-order valence-corrected chi connectivity index (χ1v) is 9.74. The Kier molecular flexibility index (Phi) is 6.99. The summed E-state index contributed by atoms with van der Waals surface area (Å²) in [5, 5.41) is 6.07. The van der Waals surface area contributed by atoms with Gasteiger partial charge in [0.15, 0.2) is 5.96 Å². The third-order valence-corrected chi connectivity index (χ3v) is 4.89. The SMILES string of the molecule is CN=C(NCCNC(=O)c1ccc(C)c(F)c1)N1CCN(c2ccccn2)CC1. The van der Waals surface area contributed by atoms with Crippen molar-refractivity contribution in [2.75, 3.05) is 51.2 Å². The van der Waals surface area contributed by atoms with Gasteiger partial charge in [-0.25, -0.2) is 9.37 Å². The summed E-state index contributed by atoms with van der Waals surface area (Å²) in [5.74, 6) is 1.14. The molecule has 29 heavy (non-hydrogen) atoms. The number of piperazine rings is 1. The molecule has 0 atom stereocenters. The second-order valence-corrected chi connectivity index (χ2v) is 6.86. The molecular weight excluding hydrogens is 371 g/mol. The summed E-state index contributed by atoms with van der Waals surface area (Å²) < 4.78 is 13.6.